The van der Waals surface area contributed by atoms with E-state index in [2.05, 4.69) is 29.6 Å². The second-order valence-electron chi connectivity index (χ2n) is 4.52. The average Bonchev–Trinajstić information content (AvgIpc) is 2.37. The number of alkyl halides is 3. The van der Waals surface area contributed by atoms with Crippen molar-refractivity contribution in [3.8, 4) is 0 Å². The smallest absolute Gasteiger partial charge is 0.310 e. The molecule has 1 aromatic rings. The molecule has 0 aliphatic heterocycles. The molecule has 1 unspecified atom stereocenters. The van der Waals surface area contributed by atoms with Gasteiger partial charge in [0.1, 0.15) is 0 Å². The van der Waals surface area contributed by atoms with Crippen LogP contribution >= 0.6 is 11.8 Å². The first-order valence-corrected chi connectivity index (χ1v) is 7.59. The standard InChI is InChI=1S/C14H20F3NS/c1-11(12-5-7-13(19-2)8-6-12)18-10-4-3-9-14(15,16)17/h5-8,11,18H,3-4,9-10H2,1-2H3. The number of unbranched alkanes of at least 4 members (excludes halogenated alkanes) is 1. The Labute approximate surface area is 117 Å². The Morgan fingerprint density at radius 3 is 2.32 bits per heavy atom. The van der Waals surface area contributed by atoms with E-state index in [4.69, 9.17) is 0 Å². The van der Waals surface area contributed by atoms with Crippen LogP contribution in [-0.4, -0.2) is 19.0 Å². The van der Waals surface area contributed by atoms with Crippen LogP contribution in [0.5, 0.6) is 0 Å². The van der Waals surface area contributed by atoms with Gasteiger partial charge in [-0.3, -0.25) is 0 Å². The first-order chi connectivity index (χ1) is 8.92. The van der Waals surface area contributed by atoms with Gasteiger partial charge < -0.3 is 5.32 Å². The summed E-state index contributed by atoms with van der Waals surface area (Å²) in [7, 11) is 0. The van der Waals surface area contributed by atoms with Gasteiger partial charge in [-0.1, -0.05) is 12.1 Å². The monoisotopic (exact) mass is 291 g/mol. The maximum Gasteiger partial charge on any atom is 0.389 e. The normalized spacial score (nSPS) is 13.5. The molecule has 0 bridgehead atoms. The van der Waals surface area contributed by atoms with Gasteiger partial charge in [-0.05, 0) is 50.3 Å². The molecule has 0 aliphatic carbocycles. The van der Waals surface area contributed by atoms with E-state index in [-0.39, 0.29) is 12.5 Å². The second kappa shape index (κ2) is 7.80. The SMILES string of the molecule is CSc1ccc(C(C)NCCCCC(F)(F)F)cc1. The quantitative estimate of drug-likeness (QED) is 0.572. The summed E-state index contributed by atoms with van der Waals surface area (Å²) in [5, 5.41) is 3.25. The van der Waals surface area contributed by atoms with Crippen LogP contribution < -0.4 is 5.32 Å². The minimum absolute atomic E-state index is 0.168. The molecule has 0 saturated heterocycles. The van der Waals surface area contributed by atoms with Crippen molar-refractivity contribution in [3.63, 3.8) is 0 Å². The van der Waals surface area contributed by atoms with Crippen molar-refractivity contribution >= 4 is 11.8 Å². The third-order valence-electron chi connectivity index (χ3n) is 2.95. The molecule has 1 N–H and O–H groups in total. The summed E-state index contributed by atoms with van der Waals surface area (Å²) >= 11 is 1.69. The van der Waals surface area contributed by atoms with E-state index in [9.17, 15) is 13.2 Å². The van der Waals surface area contributed by atoms with E-state index in [1.807, 2.05) is 13.2 Å². The van der Waals surface area contributed by atoms with Crippen molar-refractivity contribution in [2.45, 2.75) is 43.3 Å². The maximum absolute atomic E-state index is 12.0. The maximum atomic E-state index is 12.0. The summed E-state index contributed by atoms with van der Waals surface area (Å²) in [5.41, 5.74) is 1.16. The Kier molecular flexibility index (Phi) is 6.72. The minimum atomic E-state index is -4.03. The molecule has 1 nitrogen and oxygen atoms in total. The molecule has 0 aliphatic rings. The fourth-order valence-electron chi connectivity index (χ4n) is 1.78. The molecule has 1 atom stereocenters. The van der Waals surface area contributed by atoms with Crippen LogP contribution in [0.1, 0.15) is 37.8 Å². The highest BCUT2D eigenvalue weighted by molar-refractivity contribution is 7.98. The van der Waals surface area contributed by atoms with Crippen molar-refractivity contribution in [3.05, 3.63) is 29.8 Å². The van der Waals surface area contributed by atoms with Gasteiger partial charge in [-0.15, -0.1) is 11.8 Å². The van der Waals surface area contributed by atoms with Crippen LogP contribution in [0.4, 0.5) is 13.2 Å². The first-order valence-electron chi connectivity index (χ1n) is 6.36. The number of thioether (sulfide) groups is 1. The van der Waals surface area contributed by atoms with Crippen molar-refractivity contribution in [2.75, 3.05) is 12.8 Å². The van der Waals surface area contributed by atoms with E-state index >= 15 is 0 Å². The lowest BCUT2D eigenvalue weighted by Crippen LogP contribution is -2.20. The summed E-state index contributed by atoms with van der Waals surface area (Å²) < 4.78 is 35.9. The molecule has 0 spiro atoms. The molecule has 0 radical (unpaired) electrons. The Morgan fingerprint density at radius 2 is 1.79 bits per heavy atom. The van der Waals surface area contributed by atoms with Crippen LogP contribution in [0.25, 0.3) is 0 Å². The predicted octanol–water partition coefficient (Wildman–Crippen LogP) is 4.79. The van der Waals surface area contributed by atoms with Gasteiger partial charge in [0.15, 0.2) is 0 Å². The molecule has 0 fully saturated rings. The highest BCUT2D eigenvalue weighted by Crippen LogP contribution is 2.22. The zero-order chi connectivity index (χ0) is 14.3. The number of hydrogen-bond acceptors (Lipinski definition) is 2. The lowest BCUT2D eigenvalue weighted by atomic mass is 10.1. The van der Waals surface area contributed by atoms with E-state index in [1.54, 1.807) is 11.8 Å². The number of nitrogens with one attached hydrogen (secondary N) is 1. The van der Waals surface area contributed by atoms with Gasteiger partial charge >= 0.3 is 6.18 Å². The van der Waals surface area contributed by atoms with Crippen LogP contribution in [0, 0.1) is 0 Å². The van der Waals surface area contributed by atoms with Gasteiger partial charge in [-0.2, -0.15) is 13.2 Å². The molecule has 0 saturated carbocycles. The third-order valence-corrected chi connectivity index (χ3v) is 3.70. The summed E-state index contributed by atoms with van der Waals surface area (Å²) in [6, 6.07) is 8.39. The van der Waals surface area contributed by atoms with Gasteiger partial charge in [0.25, 0.3) is 0 Å². The number of hydrogen-bond donors (Lipinski definition) is 1. The Bertz CT molecular complexity index is 362. The zero-order valence-electron chi connectivity index (χ0n) is 11.3. The lowest BCUT2D eigenvalue weighted by Gasteiger charge is -2.14. The predicted molar refractivity (Wildman–Crippen MR) is 74.5 cm³/mol. The summed E-state index contributed by atoms with van der Waals surface area (Å²) in [6.07, 6.45) is -1.95. The van der Waals surface area contributed by atoms with E-state index in [0.717, 1.165) is 5.56 Å². The van der Waals surface area contributed by atoms with Crippen LogP contribution in [-0.2, 0) is 0 Å². The molecule has 19 heavy (non-hydrogen) atoms. The van der Waals surface area contributed by atoms with Crippen LogP contribution in [0.15, 0.2) is 29.2 Å². The van der Waals surface area contributed by atoms with Crippen LogP contribution in [0.2, 0.25) is 0 Å². The minimum Gasteiger partial charge on any atom is -0.310 e. The number of halogens is 3. The van der Waals surface area contributed by atoms with Crippen molar-refractivity contribution in [1.82, 2.24) is 5.32 Å². The van der Waals surface area contributed by atoms with E-state index in [1.165, 1.54) is 4.90 Å². The zero-order valence-corrected chi connectivity index (χ0v) is 12.1. The third kappa shape index (κ3) is 6.87. The first kappa shape index (κ1) is 16.4. The highest BCUT2D eigenvalue weighted by Gasteiger charge is 2.25. The van der Waals surface area contributed by atoms with Gasteiger partial charge in [0.05, 0.1) is 0 Å². The number of benzene rings is 1. The topological polar surface area (TPSA) is 12.0 Å². The second-order valence-corrected chi connectivity index (χ2v) is 5.40. The number of rotatable bonds is 7. The summed E-state index contributed by atoms with van der Waals surface area (Å²) in [6.45, 7) is 2.64. The van der Waals surface area contributed by atoms with Crippen molar-refractivity contribution < 1.29 is 13.2 Å². The molecule has 0 aromatic heterocycles. The summed E-state index contributed by atoms with van der Waals surface area (Å²) in [5.74, 6) is 0. The molecule has 108 valence electrons. The van der Waals surface area contributed by atoms with Crippen molar-refractivity contribution in [1.29, 1.82) is 0 Å². The fraction of sp³-hybridized carbons (Fsp3) is 0.571. The molecule has 1 rings (SSSR count). The Balaban J connectivity index is 2.25. The molecule has 0 amide bonds. The molecule has 5 heteroatoms. The van der Waals surface area contributed by atoms with Gasteiger partial charge in [-0.25, -0.2) is 0 Å². The van der Waals surface area contributed by atoms with Crippen molar-refractivity contribution in [2.24, 2.45) is 0 Å². The molecular formula is C14H20F3NS. The van der Waals surface area contributed by atoms with Gasteiger partial charge in [0, 0.05) is 17.4 Å². The molecule has 1 aromatic carbocycles. The largest absolute Gasteiger partial charge is 0.389 e. The van der Waals surface area contributed by atoms with E-state index < -0.39 is 12.6 Å². The molecular weight excluding hydrogens is 271 g/mol. The lowest BCUT2D eigenvalue weighted by molar-refractivity contribution is -0.135. The summed E-state index contributed by atoms with van der Waals surface area (Å²) in [4.78, 5) is 1.21. The molecule has 0 heterocycles. The fourth-order valence-corrected chi connectivity index (χ4v) is 2.19. The van der Waals surface area contributed by atoms with Crippen LogP contribution in [0.3, 0.4) is 0 Å². The highest BCUT2D eigenvalue weighted by atomic mass is 32.2. The van der Waals surface area contributed by atoms with Gasteiger partial charge in [0.2, 0.25) is 0 Å². The van der Waals surface area contributed by atoms with E-state index in [0.29, 0.717) is 13.0 Å². The Morgan fingerprint density at radius 1 is 1.16 bits per heavy atom. The Hall–Kier alpha value is -0.680. The average molecular weight is 291 g/mol.